The number of pyridine rings is 2. The average Bonchev–Trinajstić information content (AvgIpc) is 0.889. The number of aromatic nitrogens is 2. The van der Waals surface area contributed by atoms with Crippen LogP contribution >= 0.6 is 0 Å². The summed E-state index contributed by atoms with van der Waals surface area (Å²) in [5, 5.41) is 2.12. The SMILES string of the molecule is CC(C)(C)c1ccc(N2c3ccc(C(C)(C)C)cc3B3c4cc(C(C)(C)C)ccc4N(c4ccc(C(C)(C)C)cc4)c4cc(-c5cccc6c5oc5c(-c7ccccn7)[c-]ccc56)cc2c43)cc1.Cc1cnc(-c2[c-]cc(F)cc2)cc1C.[Ir]. The number of para-hydroxylation sites is 1. The fourth-order valence-corrected chi connectivity index (χ4v) is 11.9. The van der Waals surface area contributed by atoms with Crippen molar-refractivity contribution in [3.05, 3.63) is 234 Å². The molecule has 0 unspecified atom stereocenters. The Hall–Kier alpha value is -7.90. The Morgan fingerprint density at radius 1 is 0.488 bits per heavy atom. The molecule has 3 aromatic heterocycles. The number of rotatable bonds is 5. The molecule has 0 N–H and O–H groups in total. The van der Waals surface area contributed by atoms with Crippen LogP contribution in [0.15, 0.2) is 187 Å². The van der Waals surface area contributed by atoms with Gasteiger partial charge in [-0.25, -0.2) is 0 Å². The van der Waals surface area contributed by atoms with Crippen LogP contribution in [0.3, 0.4) is 0 Å². The van der Waals surface area contributed by atoms with Crippen molar-refractivity contribution in [3.8, 4) is 33.6 Å². The molecule has 5 nitrogen and oxygen atoms in total. The number of aryl methyl sites for hydroxylation is 2. The van der Waals surface area contributed by atoms with E-state index in [-0.39, 0.29) is 54.3 Å². The second kappa shape index (κ2) is 21.6. The summed E-state index contributed by atoms with van der Waals surface area (Å²) in [4.78, 5) is 14.1. The summed E-state index contributed by atoms with van der Waals surface area (Å²) in [6.07, 6.45) is 3.65. The van der Waals surface area contributed by atoms with E-state index in [0.29, 0.717) is 0 Å². The van der Waals surface area contributed by atoms with Gasteiger partial charge in [-0.3, -0.25) is 4.39 Å². The first-order chi connectivity index (χ1) is 39.4. The smallest absolute Gasteiger partial charge is 0.252 e. The maximum absolute atomic E-state index is 12.7. The molecule has 0 spiro atoms. The zero-order valence-corrected chi connectivity index (χ0v) is 53.2. The number of nitrogens with zero attached hydrogens (tertiary/aromatic N) is 4. The topological polar surface area (TPSA) is 45.4 Å². The number of hydrogen-bond acceptors (Lipinski definition) is 5. The Bertz CT molecular complexity index is 4130. The first-order valence-corrected chi connectivity index (χ1v) is 29.1. The molecule has 0 saturated heterocycles. The van der Waals surface area contributed by atoms with E-state index < -0.39 is 0 Å². The summed E-state index contributed by atoms with van der Waals surface area (Å²) in [6.45, 7) is 31.7. The molecule has 0 bridgehead atoms. The zero-order valence-electron chi connectivity index (χ0n) is 50.8. The van der Waals surface area contributed by atoms with Crippen LogP contribution in [0.4, 0.5) is 38.5 Å². The first-order valence-electron chi connectivity index (χ1n) is 29.1. The fourth-order valence-electron chi connectivity index (χ4n) is 11.9. The molecule has 8 heteroatoms. The normalized spacial score (nSPS) is 13.0. The Kier molecular flexibility index (Phi) is 14.9. The fraction of sp³-hybridized carbons (Fsp3) is 0.237. The summed E-state index contributed by atoms with van der Waals surface area (Å²) in [7, 11) is 0. The number of fused-ring (bicyclic) bond motifs is 7. The van der Waals surface area contributed by atoms with Gasteiger partial charge in [0.05, 0.1) is 5.58 Å². The monoisotopic (exact) mass is 1280 g/mol. The zero-order chi connectivity index (χ0) is 58.5. The Morgan fingerprint density at radius 3 is 1.54 bits per heavy atom. The van der Waals surface area contributed by atoms with Crippen molar-refractivity contribution in [2.75, 3.05) is 9.80 Å². The molecule has 13 rings (SSSR count). The third-order valence-corrected chi connectivity index (χ3v) is 16.9. The van der Waals surface area contributed by atoms with Gasteiger partial charge in [-0.1, -0.05) is 185 Å². The number of halogens is 1. The van der Waals surface area contributed by atoms with Gasteiger partial charge in [0.25, 0.3) is 6.71 Å². The van der Waals surface area contributed by atoms with Gasteiger partial charge in [-0.2, -0.15) is 0 Å². The molecule has 2 aliphatic heterocycles. The summed E-state index contributed by atoms with van der Waals surface area (Å²) in [5.41, 5.74) is 25.6. The second-order valence-electron chi connectivity index (χ2n) is 26.8. The van der Waals surface area contributed by atoms with E-state index in [9.17, 15) is 4.39 Å². The minimum absolute atomic E-state index is 0. The molecule has 0 amide bonds. The van der Waals surface area contributed by atoms with Gasteiger partial charge >= 0.3 is 0 Å². The third kappa shape index (κ3) is 10.6. The third-order valence-electron chi connectivity index (χ3n) is 16.9. The number of furan rings is 1. The standard InChI is InChI=1S/C63H61BN3O.C13H11FN.Ir/c1-60(2,3)40-22-28-44(29-23-40)66-53-32-26-42(62(7,8)9)37-50(53)64-51-38-43(63(10,11)12)27-33-54(51)67(45-30-24-41(25-31-45)61(4,5)6)56-36-39(35-55(66)57(56)64)46-17-15-18-47-48-19-16-20-49(59(48)68-58(46)47)52-21-13-14-34-65-52;1-9-7-13(15-8-10(9)2)11-3-5-12(14)6-4-11;/h13-19,21-38H,1-12H3;3,5-8H,1-2H3;/q2*-1;. The predicted octanol–water partition coefficient (Wildman–Crippen LogP) is 18.7. The van der Waals surface area contributed by atoms with Crippen LogP contribution in [0.5, 0.6) is 0 Å². The van der Waals surface area contributed by atoms with Crippen LogP contribution in [-0.2, 0) is 41.8 Å². The molecule has 0 saturated carbocycles. The number of benzene rings is 8. The van der Waals surface area contributed by atoms with Crippen LogP contribution in [0.1, 0.15) is 116 Å². The van der Waals surface area contributed by atoms with Gasteiger partial charge in [0.1, 0.15) is 5.58 Å². The summed E-state index contributed by atoms with van der Waals surface area (Å²) in [5.74, 6) is -0.275. The average molecular weight is 1280 g/mol. The van der Waals surface area contributed by atoms with Gasteiger partial charge in [0.15, 0.2) is 0 Å². The molecular formula is C76H72BFIrN4O-2. The number of anilines is 6. The van der Waals surface area contributed by atoms with Crippen molar-refractivity contribution in [1.82, 2.24) is 9.97 Å². The van der Waals surface area contributed by atoms with E-state index >= 15 is 0 Å². The molecule has 1 radical (unpaired) electrons. The van der Waals surface area contributed by atoms with Crippen LogP contribution in [0.25, 0.3) is 55.6 Å². The molecule has 0 fully saturated rings. The largest absolute Gasteiger partial charge is 0.500 e. The van der Waals surface area contributed by atoms with Gasteiger partial charge in [0, 0.05) is 83.4 Å². The number of hydrogen-bond donors (Lipinski definition) is 0. The van der Waals surface area contributed by atoms with Crippen LogP contribution in [0.2, 0.25) is 0 Å². The van der Waals surface area contributed by atoms with Crippen molar-refractivity contribution in [1.29, 1.82) is 0 Å². The predicted molar refractivity (Wildman–Crippen MR) is 348 cm³/mol. The second-order valence-corrected chi connectivity index (χ2v) is 26.8. The van der Waals surface area contributed by atoms with Crippen molar-refractivity contribution in [2.45, 2.75) is 119 Å². The maximum atomic E-state index is 12.7. The Morgan fingerprint density at radius 2 is 1.04 bits per heavy atom. The minimum Gasteiger partial charge on any atom is -0.500 e. The van der Waals surface area contributed by atoms with Gasteiger partial charge in [-0.15, -0.1) is 48.0 Å². The van der Waals surface area contributed by atoms with Crippen molar-refractivity contribution < 1.29 is 28.9 Å². The molecule has 5 heterocycles. The van der Waals surface area contributed by atoms with Gasteiger partial charge in [0.2, 0.25) is 0 Å². The van der Waals surface area contributed by atoms with Gasteiger partial charge in [-0.05, 0) is 151 Å². The minimum atomic E-state index is -0.275. The summed E-state index contributed by atoms with van der Waals surface area (Å²) >= 11 is 0. The van der Waals surface area contributed by atoms with Crippen LogP contribution < -0.4 is 26.2 Å². The summed E-state index contributed by atoms with van der Waals surface area (Å²) in [6, 6.07) is 67.4. The molecule has 0 aliphatic carbocycles. The molecule has 2 aliphatic rings. The Labute approximate surface area is 510 Å². The van der Waals surface area contributed by atoms with Crippen LogP contribution in [0, 0.1) is 31.8 Å². The molecule has 11 aromatic rings. The molecule has 84 heavy (non-hydrogen) atoms. The molecule has 423 valence electrons. The first kappa shape index (κ1) is 57.9. The van der Waals surface area contributed by atoms with E-state index in [1.807, 2.05) is 56.6 Å². The summed E-state index contributed by atoms with van der Waals surface area (Å²) < 4.78 is 19.8. The van der Waals surface area contributed by atoms with E-state index in [0.717, 1.165) is 72.5 Å². The van der Waals surface area contributed by atoms with Crippen molar-refractivity contribution >= 4 is 79.2 Å². The molecule has 8 aromatic carbocycles. The van der Waals surface area contributed by atoms with E-state index in [2.05, 4.69) is 231 Å². The maximum Gasteiger partial charge on any atom is 0.252 e. The van der Waals surface area contributed by atoms with Gasteiger partial charge < -0.3 is 24.2 Å². The van der Waals surface area contributed by atoms with Crippen molar-refractivity contribution in [2.24, 2.45) is 0 Å². The Balaban J connectivity index is 0.000000400. The molecular weight excluding hydrogens is 1210 g/mol. The van der Waals surface area contributed by atoms with Crippen LogP contribution in [-0.4, -0.2) is 16.7 Å². The quantitative estimate of drug-likeness (QED) is 0.127. The van der Waals surface area contributed by atoms with E-state index in [4.69, 9.17) is 9.40 Å². The molecule has 0 atom stereocenters. The van der Waals surface area contributed by atoms with Crippen molar-refractivity contribution in [3.63, 3.8) is 0 Å². The van der Waals surface area contributed by atoms with E-state index in [1.54, 1.807) is 6.07 Å². The van der Waals surface area contributed by atoms with E-state index in [1.165, 1.54) is 79.1 Å².